The van der Waals surface area contributed by atoms with Gasteiger partial charge in [-0.15, -0.1) is 0 Å². The minimum absolute atomic E-state index is 0.0162. The molecule has 0 bridgehead atoms. The highest BCUT2D eigenvalue weighted by atomic mass is 19.4. The molecule has 108 valence electrons. The van der Waals surface area contributed by atoms with Crippen LogP contribution >= 0.6 is 0 Å². The minimum Gasteiger partial charge on any atom is -0.388 e. The lowest BCUT2D eigenvalue weighted by Crippen LogP contribution is -2.46. The van der Waals surface area contributed by atoms with Crippen LogP contribution in [0.1, 0.15) is 30.9 Å². The van der Waals surface area contributed by atoms with E-state index in [1.54, 1.807) is 11.8 Å². The number of nitriles is 1. The summed E-state index contributed by atoms with van der Waals surface area (Å²) >= 11 is 0. The van der Waals surface area contributed by atoms with Crippen LogP contribution in [-0.4, -0.2) is 23.8 Å². The Morgan fingerprint density at radius 3 is 2.65 bits per heavy atom. The van der Waals surface area contributed by atoms with Crippen LogP contribution in [0, 0.1) is 11.3 Å². The first kappa shape index (κ1) is 14.7. The Hall–Kier alpha value is -1.74. The molecule has 6 heteroatoms. The number of alkyl halides is 3. The number of β-amino-alcohol motifs (C(OH)–C–C–N with tert-alkyl or cyclic N) is 1. The summed E-state index contributed by atoms with van der Waals surface area (Å²) in [4.78, 5) is 1.77. The number of piperidine rings is 1. The number of nitrogens with zero attached hydrogens (tertiary/aromatic N) is 2. The van der Waals surface area contributed by atoms with E-state index in [4.69, 9.17) is 5.26 Å². The third kappa shape index (κ3) is 3.05. The molecule has 1 unspecified atom stereocenters. The van der Waals surface area contributed by atoms with Crippen LogP contribution in [0.5, 0.6) is 0 Å². The van der Waals surface area contributed by atoms with Crippen molar-refractivity contribution in [2.75, 3.05) is 18.0 Å². The number of hydrogen-bond acceptors (Lipinski definition) is 3. The Balaban J connectivity index is 2.36. The molecule has 0 aliphatic carbocycles. The van der Waals surface area contributed by atoms with Gasteiger partial charge in [-0.2, -0.15) is 18.4 Å². The highest BCUT2D eigenvalue weighted by Crippen LogP contribution is 2.34. The molecule has 0 radical (unpaired) electrons. The van der Waals surface area contributed by atoms with Crippen molar-refractivity contribution < 1.29 is 18.3 Å². The van der Waals surface area contributed by atoms with Crippen LogP contribution in [0.3, 0.4) is 0 Å². The zero-order chi connectivity index (χ0) is 15.0. The van der Waals surface area contributed by atoms with Crippen LogP contribution < -0.4 is 4.90 Å². The molecule has 1 aliphatic rings. The van der Waals surface area contributed by atoms with Gasteiger partial charge in [0.05, 0.1) is 22.4 Å². The monoisotopic (exact) mass is 284 g/mol. The Morgan fingerprint density at radius 2 is 2.10 bits per heavy atom. The van der Waals surface area contributed by atoms with E-state index >= 15 is 0 Å². The van der Waals surface area contributed by atoms with Gasteiger partial charge >= 0.3 is 6.18 Å². The van der Waals surface area contributed by atoms with Crippen molar-refractivity contribution in [2.45, 2.75) is 31.5 Å². The maximum absolute atomic E-state index is 12.6. The third-order valence-corrected chi connectivity index (χ3v) is 3.46. The molecule has 0 spiro atoms. The quantitative estimate of drug-likeness (QED) is 0.862. The van der Waals surface area contributed by atoms with Gasteiger partial charge in [0, 0.05) is 13.1 Å². The molecule has 20 heavy (non-hydrogen) atoms. The van der Waals surface area contributed by atoms with E-state index in [1.165, 1.54) is 6.07 Å². The molecule has 1 aromatic rings. The smallest absolute Gasteiger partial charge is 0.388 e. The van der Waals surface area contributed by atoms with Gasteiger partial charge in [-0.25, -0.2) is 0 Å². The molecule has 1 atom stereocenters. The first-order chi connectivity index (χ1) is 9.23. The fraction of sp³-hybridized carbons (Fsp3) is 0.500. The van der Waals surface area contributed by atoms with Gasteiger partial charge in [-0.05, 0) is 38.0 Å². The van der Waals surface area contributed by atoms with Crippen LogP contribution in [0.25, 0.3) is 0 Å². The topological polar surface area (TPSA) is 47.3 Å². The first-order valence-electron chi connectivity index (χ1n) is 6.32. The fourth-order valence-corrected chi connectivity index (χ4v) is 2.50. The van der Waals surface area contributed by atoms with Crippen molar-refractivity contribution >= 4 is 5.69 Å². The summed E-state index contributed by atoms with van der Waals surface area (Å²) in [6.07, 6.45) is -3.08. The number of anilines is 1. The van der Waals surface area contributed by atoms with Crippen molar-refractivity contribution in [3.63, 3.8) is 0 Å². The first-order valence-corrected chi connectivity index (χ1v) is 6.32. The van der Waals surface area contributed by atoms with E-state index in [2.05, 4.69) is 0 Å². The number of benzene rings is 1. The molecular weight excluding hydrogens is 269 g/mol. The third-order valence-electron chi connectivity index (χ3n) is 3.46. The summed E-state index contributed by atoms with van der Waals surface area (Å²) in [6, 6.07) is 4.95. The molecule has 1 saturated heterocycles. The zero-order valence-electron chi connectivity index (χ0n) is 11.0. The molecule has 1 fully saturated rings. The second kappa shape index (κ2) is 4.98. The molecule has 1 aromatic carbocycles. The van der Waals surface area contributed by atoms with E-state index < -0.39 is 17.3 Å². The zero-order valence-corrected chi connectivity index (χ0v) is 11.0. The van der Waals surface area contributed by atoms with Crippen LogP contribution in [0.15, 0.2) is 18.2 Å². The largest absolute Gasteiger partial charge is 0.416 e. The summed E-state index contributed by atoms with van der Waals surface area (Å²) in [6.45, 7) is 2.62. The molecule has 2 rings (SSSR count). The predicted molar refractivity (Wildman–Crippen MR) is 68.2 cm³/mol. The van der Waals surface area contributed by atoms with Crippen molar-refractivity contribution in [1.82, 2.24) is 0 Å². The minimum atomic E-state index is -4.46. The maximum atomic E-state index is 12.6. The van der Waals surface area contributed by atoms with E-state index in [0.717, 1.165) is 18.6 Å². The normalized spacial score (nSPS) is 23.5. The second-order valence-corrected chi connectivity index (χ2v) is 5.36. The number of aliphatic hydroxyl groups is 1. The second-order valence-electron chi connectivity index (χ2n) is 5.36. The summed E-state index contributed by atoms with van der Waals surface area (Å²) in [5.41, 5.74) is -1.28. The Labute approximate surface area is 115 Å². The van der Waals surface area contributed by atoms with Gasteiger partial charge in [0.15, 0.2) is 0 Å². The van der Waals surface area contributed by atoms with Crippen molar-refractivity contribution in [1.29, 1.82) is 5.26 Å². The van der Waals surface area contributed by atoms with Gasteiger partial charge in [-0.1, -0.05) is 0 Å². The van der Waals surface area contributed by atoms with E-state index in [-0.39, 0.29) is 5.56 Å². The van der Waals surface area contributed by atoms with Gasteiger partial charge < -0.3 is 10.0 Å². The SMILES string of the molecule is CC1(O)CCCN(c2ccc(C(F)(F)F)cc2C#N)C1. The summed E-state index contributed by atoms with van der Waals surface area (Å²) < 4.78 is 37.9. The molecule has 0 amide bonds. The molecule has 1 aliphatic heterocycles. The van der Waals surface area contributed by atoms with Crippen molar-refractivity contribution in [3.8, 4) is 6.07 Å². The molecule has 3 nitrogen and oxygen atoms in total. The van der Waals surface area contributed by atoms with Gasteiger partial charge in [-0.3, -0.25) is 0 Å². The predicted octanol–water partition coefficient (Wildman–Crippen LogP) is 2.93. The highest BCUT2D eigenvalue weighted by Gasteiger charge is 2.33. The molecule has 1 N–H and O–H groups in total. The lowest BCUT2D eigenvalue weighted by Gasteiger charge is -2.38. The number of rotatable bonds is 1. The van der Waals surface area contributed by atoms with Crippen molar-refractivity contribution in [2.24, 2.45) is 0 Å². The van der Waals surface area contributed by atoms with Crippen LogP contribution in [0.2, 0.25) is 0 Å². The summed E-state index contributed by atoms with van der Waals surface area (Å²) in [7, 11) is 0. The fourth-order valence-electron chi connectivity index (χ4n) is 2.50. The Kier molecular flexibility index (Phi) is 3.65. The molecule has 0 aromatic heterocycles. The maximum Gasteiger partial charge on any atom is 0.416 e. The number of hydrogen-bond donors (Lipinski definition) is 1. The van der Waals surface area contributed by atoms with Gasteiger partial charge in [0.2, 0.25) is 0 Å². The van der Waals surface area contributed by atoms with Crippen molar-refractivity contribution in [3.05, 3.63) is 29.3 Å². The molecular formula is C14H15F3N2O. The molecule has 1 heterocycles. The summed E-state index contributed by atoms with van der Waals surface area (Å²) in [5, 5.41) is 19.1. The number of halogens is 3. The average molecular weight is 284 g/mol. The lowest BCUT2D eigenvalue weighted by molar-refractivity contribution is -0.137. The van der Waals surface area contributed by atoms with Crippen LogP contribution in [0.4, 0.5) is 18.9 Å². The van der Waals surface area contributed by atoms with Gasteiger partial charge in [0.25, 0.3) is 0 Å². The highest BCUT2D eigenvalue weighted by molar-refractivity contribution is 5.61. The van der Waals surface area contributed by atoms with Gasteiger partial charge in [0.1, 0.15) is 6.07 Å². The van der Waals surface area contributed by atoms with Crippen LogP contribution in [-0.2, 0) is 6.18 Å². The standard InChI is InChI=1S/C14H15F3N2O/c1-13(20)5-2-6-19(9-13)12-4-3-11(14(15,16)17)7-10(12)8-18/h3-4,7,20H,2,5-6,9H2,1H3. The Morgan fingerprint density at radius 1 is 1.40 bits per heavy atom. The average Bonchev–Trinajstić information content (AvgIpc) is 2.35. The van der Waals surface area contributed by atoms with E-state index in [0.29, 0.717) is 25.2 Å². The summed E-state index contributed by atoms with van der Waals surface area (Å²) in [5.74, 6) is 0. The van der Waals surface area contributed by atoms with E-state index in [1.807, 2.05) is 6.07 Å². The Bertz CT molecular complexity index is 546. The molecule has 0 saturated carbocycles. The lowest BCUT2D eigenvalue weighted by atomic mass is 9.94. The van der Waals surface area contributed by atoms with E-state index in [9.17, 15) is 18.3 Å².